The van der Waals surface area contributed by atoms with Gasteiger partial charge in [-0.15, -0.1) is 0 Å². The molecule has 0 bridgehead atoms. The minimum absolute atomic E-state index is 1.01. The second-order valence-electron chi connectivity index (χ2n) is 2.25. The van der Waals surface area contributed by atoms with Gasteiger partial charge in [-0.25, -0.2) is 5.01 Å². The summed E-state index contributed by atoms with van der Waals surface area (Å²) in [6, 6.07) is 0. The van der Waals surface area contributed by atoms with E-state index in [1.165, 1.54) is 12.8 Å². The van der Waals surface area contributed by atoms with Crippen LogP contribution in [-0.4, -0.2) is 30.3 Å². The van der Waals surface area contributed by atoms with Crippen LogP contribution in [0.25, 0.3) is 0 Å². The van der Waals surface area contributed by atoms with Crippen molar-refractivity contribution in [2.24, 2.45) is 5.84 Å². The summed E-state index contributed by atoms with van der Waals surface area (Å²) in [5.74, 6) is 5.54. The van der Waals surface area contributed by atoms with E-state index in [1.54, 1.807) is 5.12 Å². The van der Waals surface area contributed by atoms with E-state index in [0.29, 0.717) is 0 Å². The molecule has 8 heavy (non-hydrogen) atoms. The first-order valence-electron chi connectivity index (χ1n) is 3.04. The fraction of sp³-hybridized carbons (Fsp3) is 1.00. The minimum Gasteiger partial charge on any atom is -0.255 e. The van der Waals surface area contributed by atoms with Gasteiger partial charge in [0.15, 0.2) is 0 Å². The van der Waals surface area contributed by atoms with Crippen molar-refractivity contribution in [3.8, 4) is 0 Å². The lowest BCUT2D eigenvalue weighted by Gasteiger charge is -2.31. The fourth-order valence-corrected chi connectivity index (χ4v) is 0.914. The van der Waals surface area contributed by atoms with Gasteiger partial charge in [-0.3, -0.25) is 5.84 Å². The summed E-state index contributed by atoms with van der Waals surface area (Å²) in [5.41, 5.74) is 0. The van der Waals surface area contributed by atoms with Gasteiger partial charge in [0.1, 0.15) is 0 Å². The van der Waals surface area contributed by atoms with Crippen molar-refractivity contribution in [3.63, 3.8) is 0 Å². The van der Waals surface area contributed by atoms with Gasteiger partial charge < -0.3 is 0 Å². The van der Waals surface area contributed by atoms with Crippen molar-refractivity contribution in [2.45, 2.75) is 12.8 Å². The Balaban J connectivity index is 2.28. The highest BCUT2D eigenvalue weighted by Crippen LogP contribution is 2.02. The van der Waals surface area contributed by atoms with Crippen molar-refractivity contribution >= 4 is 0 Å². The monoisotopic (exact) mass is 115 g/mol. The highest BCUT2D eigenvalue weighted by Gasteiger charge is 2.10. The normalized spacial score (nSPS) is 26.2. The minimum atomic E-state index is 1.01. The third kappa shape index (κ3) is 1.18. The molecule has 0 amide bonds. The summed E-state index contributed by atoms with van der Waals surface area (Å²) < 4.78 is 0. The van der Waals surface area contributed by atoms with E-state index in [4.69, 9.17) is 5.84 Å². The second-order valence-corrected chi connectivity index (χ2v) is 2.25. The maximum Gasteiger partial charge on any atom is 0.0288 e. The second kappa shape index (κ2) is 2.44. The predicted molar refractivity (Wildman–Crippen MR) is 32.8 cm³/mol. The van der Waals surface area contributed by atoms with E-state index in [0.717, 1.165) is 13.1 Å². The Bertz CT molecular complexity index is 64.1. The molecule has 0 aliphatic carbocycles. The highest BCUT2D eigenvalue weighted by atomic mass is 15.7. The van der Waals surface area contributed by atoms with Gasteiger partial charge >= 0.3 is 0 Å². The summed E-state index contributed by atoms with van der Waals surface area (Å²) in [6.07, 6.45) is 2.52. The molecule has 0 aromatic carbocycles. The lowest BCUT2D eigenvalue weighted by molar-refractivity contribution is -0.0281. The van der Waals surface area contributed by atoms with Crippen LogP contribution in [0.4, 0.5) is 0 Å². The maximum absolute atomic E-state index is 5.54. The van der Waals surface area contributed by atoms with Crippen LogP contribution in [0.2, 0.25) is 0 Å². The van der Waals surface area contributed by atoms with Crippen LogP contribution in [0.3, 0.4) is 0 Å². The van der Waals surface area contributed by atoms with Gasteiger partial charge in [-0.2, -0.15) is 5.12 Å². The zero-order valence-corrected chi connectivity index (χ0v) is 5.30. The molecule has 1 rings (SSSR count). The van der Waals surface area contributed by atoms with Crippen LogP contribution in [0.15, 0.2) is 0 Å². The number of nitrogens with zero attached hydrogens (tertiary/aromatic N) is 2. The lowest BCUT2D eigenvalue weighted by atomic mass is 10.3. The van der Waals surface area contributed by atoms with Gasteiger partial charge in [0.05, 0.1) is 0 Å². The number of hydrogen-bond donors (Lipinski definition) is 1. The van der Waals surface area contributed by atoms with E-state index in [2.05, 4.69) is 0 Å². The fourth-order valence-electron chi connectivity index (χ4n) is 0.914. The molecule has 48 valence electrons. The number of hydrazine groups is 2. The average molecular weight is 115 g/mol. The third-order valence-corrected chi connectivity index (χ3v) is 1.56. The number of hydrogen-bond acceptors (Lipinski definition) is 3. The molecule has 0 aromatic rings. The molecular formula is C5H13N3. The Labute approximate surface area is 50.0 Å². The zero-order chi connectivity index (χ0) is 5.98. The molecular weight excluding hydrogens is 102 g/mol. The van der Waals surface area contributed by atoms with Crippen LogP contribution in [0, 0.1) is 0 Å². The average Bonchev–Trinajstić information content (AvgIpc) is 1.77. The molecule has 0 saturated carbocycles. The molecule has 2 N–H and O–H groups in total. The van der Waals surface area contributed by atoms with E-state index in [1.807, 2.05) is 12.1 Å². The Kier molecular flexibility index (Phi) is 1.83. The summed E-state index contributed by atoms with van der Waals surface area (Å²) >= 11 is 0. The Morgan fingerprint density at radius 2 is 1.88 bits per heavy atom. The largest absolute Gasteiger partial charge is 0.255 e. The molecule has 1 fully saturated rings. The highest BCUT2D eigenvalue weighted by molar-refractivity contribution is 4.55. The van der Waals surface area contributed by atoms with Crippen LogP contribution in [0.5, 0.6) is 0 Å². The number of nitrogens with two attached hydrogens (primary N) is 1. The van der Waals surface area contributed by atoms with E-state index in [9.17, 15) is 0 Å². The quantitative estimate of drug-likeness (QED) is 0.444. The van der Waals surface area contributed by atoms with E-state index in [-0.39, 0.29) is 0 Å². The van der Waals surface area contributed by atoms with E-state index < -0.39 is 0 Å². The van der Waals surface area contributed by atoms with Crippen molar-refractivity contribution in [3.05, 3.63) is 0 Å². The third-order valence-electron chi connectivity index (χ3n) is 1.56. The van der Waals surface area contributed by atoms with Gasteiger partial charge in [0.2, 0.25) is 0 Å². The maximum atomic E-state index is 5.54. The molecule has 0 radical (unpaired) electrons. The molecule has 3 heteroatoms. The summed E-state index contributed by atoms with van der Waals surface area (Å²) in [5, 5.41) is 3.81. The molecule has 0 unspecified atom stereocenters. The molecule has 0 aromatic heterocycles. The standard InChI is InChI=1S/C5H13N3/c1-7-4-2-3-5-8(7)6/h2-6H2,1H3. The van der Waals surface area contributed by atoms with Gasteiger partial charge in [-0.1, -0.05) is 0 Å². The zero-order valence-electron chi connectivity index (χ0n) is 5.30. The summed E-state index contributed by atoms with van der Waals surface area (Å²) in [4.78, 5) is 0. The Morgan fingerprint density at radius 3 is 2.25 bits per heavy atom. The molecule has 1 aliphatic heterocycles. The predicted octanol–water partition coefficient (Wildman–Crippen LogP) is -0.197. The molecule has 0 spiro atoms. The summed E-state index contributed by atoms with van der Waals surface area (Å²) in [7, 11) is 2.01. The first-order valence-corrected chi connectivity index (χ1v) is 3.04. The summed E-state index contributed by atoms with van der Waals surface area (Å²) in [6.45, 7) is 2.12. The first-order chi connectivity index (χ1) is 3.80. The Hall–Kier alpha value is -0.120. The first kappa shape index (κ1) is 6.01. The van der Waals surface area contributed by atoms with Crippen molar-refractivity contribution in [2.75, 3.05) is 20.1 Å². The molecule has 1 saturated heterocycles. The Morgan fingerprint density at radius 1 is 1.25 bits per heavy atom. The van der Waals surface area contributed by atoms with Crippen molar-refractivity contribution in [1.82, 2.24) is 10.1 Å². The molecule has 0 atom stereocenters. The van der Waals surface area contributed by atoms with Crippen LogP contribution >= 0.6 is 0 Å². The van der Waals surface area contributed by atoms with Crippen molar-refractivity contribution < 1.29 is 0 Å². The SMILES string of the molecule is CN1CCCCN1N. The van der Waals surface area contributed by atoms with Crippen molar-refractivity contribution in [1.29, 1.82) is 0 Å². The van der Waals surface area contributed by atoms with Gasteiger partial charge in [0.25, 0.3) is 0 Å². The van der Waals surface area contributed by atoms with E-state index >= 15 is 0 Å². The van der Waals surface area contributed by atoms with Gasteiger partial charge in [0, 0.05) is 20.1 Å². The topological polar surface area (TPSA) is 32.5 Å². The van der Waals surface area contributed by atoms with Crippen LogP contribution in [-0.2, 0) is 0 Å². The van der Waals surface area contributed by atoms with Gasteiger partial charge in [-0.05, 0) is 12.8 Å². The lowest BCUT2D eigenvalue weighted by Crippen LogP contribution is -2.48. The molecule has 1 heterocycles. The molecule has 3 nitrogen and oxygen atoms in total. The van der Waals surface area contributed by atoms with Crippen LogP contribution in [0.1, 0.15) is 12.8 Å². The molecule has 1 aliphatic rings. The van der Waals surface area contributed by atoms with Crippen LogP contribution < -0.4 is 5.84 Å². The smallest absolute Gasteiger partial charge is 0.0288 e. The number of rotatable bonds is 0.